The Morgan fingerprint density at radius 3 is 2.95 bits per heavy atom. The average molecular weight is 257 g/mol. The third-order valence-corrected chi connectivity index (χ3v) is 3.69. The molecule has 19 heavy (non-hydrogen) atoms. The molecule has 100 valence electrons. The predicted octanol–water partition coefficient (Wildman–Crippen LogP) is 2.62. The Morgan fingerprint density at radius 1 is 1.32 bits per heavy atom. The quantitative estimate of drug-likeness (QED) is 0.919. The molecule has 0 amide bonds. The maximum absolute atomic E-state index is 6.28. The number of fused-ring (bicyclic) bond motifs is 1. The number of imidazole rings is 1. The van der Waals surface area contributed by atoms with Gasteiger partial charge < -0.3 is 15.0 Å². The number of benzene rings is 1. The van der Waals surface area contributed by atoms with E-state index in [1.54, 1.807) is 7.11 Å². The van der Waals surface area contributed by atoms with Crippen molar-refractivity contribution in [2.75, 3.05) is 12.8 Å². The molecule has 1 aliphatic heterocycles. The summed E-state index contributed by atoms with van der Waals surface area (Å²) in [5.74, 6) is 1.91. The first kappa shape index (κ1) is 12.2. The second-order valence-corrected chi connectivity index (χ2v) is 4.96. The normalized spacial score (nSPS) is 14.4. The number of hydrogen-bond donors (Lipinski definition) is 1. The summed E-state index contributed by atoms with van der Waals surface area (Å²) in [5.41, 5.74) is 9.41. The average Bonchev–Trinajstić information content (AvgIpc) is 2.78. The fourth-order valence-corrected chi connectivity index (χ4v) is 2.74. The summed E-state index contributed by atoms with van der Waals surface area (Å²) in [7, 11) is 1.71. The molecule has 4 heteroatoms. The van der Waals surface area contributed by atoms with Gasteiger partial charge in [-0.3, -0.25) is 0 Å². The van der Waals surface area contributed by atoms with Crippen molar-refractivity contribution >= 4 is 5.82 Å². The van der Waals surface area contributed by atoms with Crippen LogP contribution in [0.3, 0.4) is 0 Å². The van der Waals surface area contributed by atoms with Gasteiger partial charge in [0.25, 0.3) is 0 Å². The number of nitrogen functional groups attached to an aromatic ring is 1. The molecule has 3 rings (SSSR count). The molecule has 4 nitrogen and oxygen atoms in total. The van der Waals surface area contributed by atoms with Crippen LogP contribution in [-0.4, -0.2) is 16.7 Å². The zero-order valence-electron chi connectivity index (χ0n) is 11.2. The van der Waals surface area contributed by atoms with Crippen LogP contribution in [0.25, 0.3) is 11.3 Å². The number of ether oxygens (including phenoxy) is 1. The Kier molecular flexibility index (Phi) is 3.25. The lowest BCUT2D eigenvalue weighted by molar-refractivity contribution is 0.185. The number of aryl methyl sites for hydroxylation is 1. The highest BCUT2D eigenvalue weighted by Crippen LogP contribution is 2.31. The Labute approximate surface area is 113 Å². The van der Waals surface area contributed by atoms with Crippen molar-refractivity contribution in [3.8, 4) is 11.3 Å². The molecule has 0 saturated carbocycles. The number of nitrogens with two attached hydrogens (primary N) is 1. The number of nitrogens with zero attached hydrogens (tertiary/aromatic N) is 2. The zero-order chi connectivity index (χ0) is 13.2. The summed E-state index contributed by atoms with van der Waals surface area (Å²) < 4.78 is 7.41. The van der Waals surface area contributed by atoms with Crippen molar-refractivity contribution < 1.29 is 4.74 Å². The van der Waals surface area contributed by atoms with E-state index in [1.807, 2.05) is 12.1 Å². The molecule has 2 N–H and O–H groups in total. The molecule has 1 aromatic heterocycles. The predicted molar refractivity (Wildman–Crippen MR) is 75.7 cm³/mol. The first-order chi connectivity index (χ1) is 9.31. The van der Waals surface area contributed by atoms with Gasteiger partial charge in [-0.25, -0.2) is 4.98 Å². The Hall–Kier alpha value is -1.81. The van der Waals surface area contributed by atoms with Crippen molar-refractivity contribution in [2.24, 2.45) is 0 Å². The second-order valence-electron chi connectivity index (χ2n) is 4.96. The highest BCUT2D eigenvalue weighted by Gasteiger charge is 2.19. The molecule has 0 bridgehead atoms. The van der Waals surface area contributed by atoms with Crippen molar-refractivity contribution in [3.63, 3.8) is 0 Å². The van der Waals surface area contributed by atoms with Crippen molar-refractivity contribution in [3.05, 3.63) is 35.7 Å². The van der Waals surface area contributed by atoms with Gasteiger partial charge >= 0.3 is 0 Å². The number of hydrogen-bond acceptors (Lipinski definition) is 3. The van der Waals surface area contributed by atoms with E-state index in [0.29, 0.717) is 6.61 Å². The van der Waals surface area contributed by atoms with Gasteiger partial charge in [-0.2, -0.15) is 0 Å². The molecule has 0 radical (unpaired) electrons. The summed E-state index contributed by atoms with van der Waals surface area (Å²) in [6.07, 6.45) is 3.42. The molecule has 0 atom stereocenters. The lowest BCUT2D eigenvalue weighted by atomic mass is 10.1. The fourth-order valence-electron chi connectivity index (χ4n) is 2.74. The van der Waals surface area contributed by atoms with Crippen LogP contribution >= 0.6 is 0 Å². The van der Waals surface area contributed by atoms with Crippen LogP contribution in [0.5, 0.6) is 0 Å². The van der Waals surface area contributed by atoms with Crippen LogP contribution in [0.15, 0.2) is 24.3 Å². The lowest BCUT2D eigenvalue weighted by Crippen LogP contribution is -2.12. The van der Waals surface area contributed by atoms with Gasteiger partial charge in [-0.05, 0) is 18.4 Å². The molecule has 0 aliphatic carbocycles. The molecule has 2 heterocycles. The first-order valence-corrected chi connectivity index (χ1v) is 6.73. The van der Waals surface area contributed by atoms with E-state index in [0.717, 1.165) is 41.4 Å². The van der Waals surface area contributed by atoms with Crippen LogP contribution in [0, 0.1) is 0 Å². The highest BCUT2D eigenvalue weighted by molar-refractivity contribution is 5.73. The summed E-state index contributed by atoms with van der Waals surface area (Å²) in [4.78, 5) is 4.75. The van der Waals surface area contributed by atoms with E-state index < -0.39 is 0 Å². The third kappa shape index (κ3) is 2.12. The van der Waals surface area contributed by atoms with Crippen molar-refractivity contribution in [2.45, 2.75) is 32.4 Å². The van der Waals surface area contributed by atoms with Gasteiger partial charge in [-0.15, -0.1) is 0 Å². The lowest BCUT2D eigenvalue weighted by Gasteiger charge is -2.14. The topological polar surface area (TPSA) is 53.1 Å². The van der Waals surface area contributed by atoms with Gasteiger partial charge in [0.05, 0.1) is 6.61 Å². The number of aromatic nitrogens is 2. The Balaban J connectivity index is 2.09. The first-order valence-electron chi connectivity index (χ1n) is 6.73. The van der Waals surface area contributed by atoms with Gasteiger partial charge in [0.1, 0.15) is 17.3 Å². The van der Waals surface area contributed by atoms with Crippen LogP contribution < -0.4 is 5.73 Å². The van der Waals surface area contributed by atoms with E-state index in [1.165, 1.54) is 12.8 Å². The Bertz CT molecular complexity index is 589. The van der Waals surface area contributed by atoms with Gasteiger partial charge in [0.2, 0.25) is 0 Å². The molecule has 0 unspecified atom stereocenters. The molecule has 1 aliphatic rings. The van der Waals surface area contributed by atoms with Gasteiger partial charge in [0, 0.05) is 25.6 Å². The summed E-state index contributed by atoms with van der Waals surface area (Å²) in [6, 6.07) is 8.17. The summed E-state index contributed by atoms with van der Waals surface area (Å²) >= 11 is 0. The number of rotatable bonds is 3. The minimum atomic E-state index is 0.581. The Morgan fingerprint density at radius 2 is 2.16 bits per heavy atom. The maximum Gasteiger partial charge on any atom is 0.131 e. The molecule has 0 fully saturated rings. The fraction of sp³-hybridized carbons (Fsp3) is 0.400. The van der Waals surface area contributed by atoms with E-state index in [9.17, 15) is 0 Å². The van der Waals surface area contributed by atoms with E-state index >= 15 is 0 Å². The molecule has 0 saturated heterocycles. The molecule has 0 spiro atoms. The van der Waals surface area contributed by atoms with E-state index in [4.69, 9.17) is 15.5 Å². The second kappa shape index (κ2) is 5.05. The number of methoxy groups -OCH3 is 1. The smallest absolute Gasteiger partial charge is 0.131 e. The van der Waals surface area contributed by atoms with Crippen LogP contribution in [-0.2, 0) is 24.3 Å². The standard InChI is InChI=1S/C15H19N3O/c1-19-10-11-6-2-3-7-12(11)14-15(16)18-9-5-4-8-13(18)17-14/h2-3,6-7H,4-5,8-10,16H2,1H3. The SMILES string of the molecule is COCc1ccccc1-c1nc2n(c1N)CCCC2. The highest BCUT2D eigenvalue weighted by atomic mass is 16.5. The van der Waals surface area contributed by atoms with Crippen LogP contribution in [0.2, 0.25) is 0 Å². The largest absolute Gasteiger partial charge is 0.383 e. The monoisotopic (exact) mass is 257 g/mol. The molecular weight excluding hydrogens is 238 g/mol. The van der Waals surface area contributed by atoms with Crippen LogP contribution in [0.1, 0.15) is 24.2 Å². The minimum absolute atomic E-state index is 0.581. The van der Waals surface area contributed by atoms with Gasteiger partial charge in [0.15, 0.2) is 0 Å². The molecule has 1 aromatic carbocycles. The molecule has 2 aromatic rings. The van der Waals surface area contributed by atoms with E-state index in [2.05, 4.69) is 16.7 Å². The zero-order valence-corrected chi connectivity index (χ0v) is 11.2. The minimum Gasteiger partial charge on any atom is -0.383 e. The summed E-state index contributed by atoms with van der Waals surface area (Å²) in [6.45, 7) is 1.57. The summed E-state index contributed by atoms with van der Waals surface area (Å²) in [5, 5.41) is 0. The van der Waals surface area contributed by atoms with Crippen LogP contribution in [0.4, 0.5) is 5.82 Å². The molecular formula is C15H19N3O. The van der Waals surface area contributed by atoms with Gasteiger partial charge in [-0.1, -0.05) is 24.3 Å². The van der Waals surface area contributed by atoms with Crippen molar-refractivity contribution in [1.29, 1.82) is 0 Å². The third-order valence-electron chi connectivity index (χ3n) is 3.69. The van der Waals surface area contributed by atoms with E-state index in [-0.39, 0.29) is 0 Å². The van der Waals surface area contributed by atoms with Crippen molar-refractivity contribution in [1.82, 2.24) is 9.55 Å². The maximum atomic E-state index is 6.28. The number of anilines is 1.